The zero-order valence-corrected chi connectivity index (χ0v) is 12.0. The number of rotatable bonds is 5. The van der Waals surface area contributed by atoms with E-state index in [-0.39, 0.29) is 18.2 Å². The highest BCUT2D eigenvalue weighted by Gasteiger charge is 2.09. The number of hydrogen-bond donors (Lipinski definition) is 2. The molecule has 0 amide bonds. The van der Waals surface area contributed by atoms with Crippen molar-refractivity contribution in [1.82, 2.24) is 0 Å². The second-order valence-corrected chi connectivity index (χ2v) is 4.97. The van der Waals surface area contributed by atoms with Gasteiger partial charge in [-0.1, -0.05) is 6.07 Å². The Bertz CT molecular complexity index is 630. The average Bonchev–Trinajstić information content (AvgIpc) is 2.43. The van der Waals surface area contributed by atoms with Crippen molar-refractivity contribution in [3.8, 4) is 5.75 Å². The van der Waals surface area contributed by atoms with Gasteiger partial charge in [0, 0.05) is 12.1 Å². The maximum absolute atomic E-state index is 13.6. The molecule has 3 nitrogen and oxygen atoms in total. The Kier molecular flexibility index (Phi) is 4.62. The number of nitrogens with two attached hydrogens (primary N) is 1. The van der Waals surface area contributed by atoms with E-state index in [1.54, 1.807) is 18.2 Å². The van der Waals surface area contributed by atoms with Crippen LogP contribution in [-0.4, -0.2) is 6.10 Å². The Balaban J connectivity index is 2.15. The molecular formula is C16H18F2N2O. The standard InChI is InChI=1S/C16H18F2N2O/c1-10(2)21-15-5-3-4-14(16(15)19)20-9-11-8-12(17)6-7-13(11)18/h3-8,10,20H,9,19H2,1-2H3. The highest BCUT2D eigenvalue weighted by molar-refractivity contribution is 5.73. The van der Waals surface area contributed by atoms with Crippen LogP contribution in [0.25, 0.3) is 0 Å². The van der Waals surface area contributed by atoms with Gasteiger partial charge in [0.25, 0.3) is 0 Å². The van der Waals surface area contributed by atoms with Crippen molar-refractivity contribution in [1.29, 1.82) is 0 Å². The van der Waals surface area contributed by atoms with Crippen molar-refractivity contribution in [2.45, 2.75) is 26.5 Å². The van der Waals surface area contributed by atoms with Crippen LogP contribution in [0.4, 0.5) is 20.2 Å². The first-order valence-corrected chi connectivity index (χ1v) is 6.70. The summed E-state index contributed by atoms with van der Waals surface area (Å²) in [6.07, 6.45) is 0.00298. The molecule has 0 saturated heterocycles. The maximum Gasteiger partial charge on any atom is 0.144 e. The van der Waals surface area contributed by atoms with Gasteiger partial charge in [0.15, 0.2) is 0 Å². The van der Waals surface area contributed by atoms with Gasteiger partial charge in [-0.2, -0.15) is 0 Å². The number of nitrogen functional groups attached to an aromatic ring is 1. The van der Waals surface area contributed by atoms with Gasteiger partial charge >= 0.3 is 0 Å². The first-order valence-electron chi connectivity index (χ1n) is 6.70. The van der Waals surface area contributed by atoms with Gasteiger partial charge in [-0.3, -0.25) is 0 Å². The van der Waals surface area contributed by atoms with E-state index >= 15 is 0 Å². The summed E-state index contributed by atoms with van der Waals surface area (Å²) in [5.74, 6) is -0.371. The highest BCUT2D eigenvalue weighted by atomic mass is 19.1. The second-order valence-electron chi connectivity index (χ2n) is 4.97. The van der Waals surface area contributed by atoms with Crippen LogP contribution in [0.2, 0.25) is 0 Å². The minimum absolute atomic E-state index is 0.00298. The van der Waals surface area contributed by atoms with Crippen molar-refractivity contribution >= 4 is 11.4 Å². The molecule has 0 bridgehead atoms. The summed E-state index contributed by atoms with van der Waals surface area (Å²) in [7, 11) is 0. The molecule has 0 aliphatic heterocycles. The van der Waals surface area contributed by atoms with E-state index < -0.39 is 11.6 Å². The van der Waals surface area contributed by atoms with Crippen LogP contribution in [0.5, 0.6) is 5.75 Å². The smallest absolute Gasteiger partial charge is 0.144 e. The molecule has 2 aromatic carbocycles. The quantitative estimate of drug-likeness (QED) is 0.820. The fourth-order valence-electron chi connectivity index (χ4n) is 1.92. The molecule has 0 aliphatic rings. The third-order valence-electron chi connectivity index (χ3n) is 2.91. The molecule has 2 aromatic rings. The van der Waals surface area contributed by atoms with Crippen LogP contribution in [0.1, 0.15) is 19.4 Å². The summed E-state index contributed by atoms with van der Waals surface area (Å²) in [5.41, 5.74) is 7.32. The molecule has 3 N–H and O–H groups in total. The van der Waals surface area contributed by atoms with Crippen molar-refractivity contribution < 1.29 is 13.5 Å². The molecule has 5 heteroatoms. The van der Waals surface area contributed by atoms with E-state index in [9.17, 15) is 8.78 Å². The molecule has 0 heterocycles. The van der Waals surface area contributed by atoms with Crippen LogP contribution >= 0.6 is 0 Å². The molecule has 0 radical (unpaired) electrons. The summed E-state index contributed by atoms with van der Waals surface area (Å²) in [4.78, 5) is 0. The van der Waals surface area contributed by atoms with Gasteiger partial charge < -0.3 is 15.8 Å². The normalized spacial score (nSPS) is 10.7. The molecule has 2 rings (SSSR count). The Hall–Kier alpha value is -2.30. The van der Waals surface area contributed by atoms with Gasteiger partial charge in [-0.15, -0.1) is 0 Å². The van der Waals surface area contributed by atoms with Crippen LogP contribution in [0.15, 0.2) is 36.4 Å². The predicted molar refractivity (Wildman–Crippen MR) is 80.3 cm³/mol. The SMILES string of the molecule is CC(C)Oc1cccc(NCc2cc(F)ccc2F)c1N. The molecule has 0 aromatic heterocycles. The van der Waals surface area contributed by atoms with Crippen molar-refractivity contribution in [2.75, 3.05) is 11.1 Å². The molecular weight excluding hydrogens is 274 g/mol. The molecule has 0 spiro atoms. The molecule has 0 aliphatic carbocycles. The number of anilines is 2. The van der Waals surface area contributed by atoms with Crippen LogP contribution in [0.3, 0.4) is 0 Å². The minimum Gasteiger partial charge on any atom is -0.489 e. The third-order valence-corrected chi connectivity index (χ3v) is 2.91. The van der Waals surface area contributed by atoms with Gasteiger partial charge in [-0.25, -0.2) is 8.78 Å². The molecule has 0 saturated carbocycles. The average molecular weight is 292 g/mol. The number of benzene rings is 2. The third kappa shape index (κ3) is 3.84. The lowest BCUT2D eigenvalue weighted by Crippen LogP contribution is -2.09. The minimum atomic E-state index is -0.474. The largest absolute Gasteiger partial charge is 0.489 e. The van der Waals surface area contributed by atoms with Gasteiger partial charge in [-0.05, 0) is 44.2 Å². The molecule has 0 fully saturated rings. The van der Waals surface area contributed by atoms with E-state index in [0.717, 1.165) is 18.2 Å². The van der Waals surface area contributed by atoms with Crippen molar-refractivity contribution in [3.05, 3.63) is 53.6 Å². The Labute approximate surface area is 122 Å². The number of para-hydroxylation sites is 1. The summed E-state index contributed by atoms with van der Waals surface area (Å²) in [6.45, 7) is 3.95. The van der Waals surface area contributed by atoms with E-state index in [1.807, 2.05) is 13.8 Å². The molecule has 112 valence electrons. The Morgan fingerprint density at radius 2 is 1.95 bits per heavy atom. The second kappa shape index (κ2) is 6.43. The number of halogens is 2. The van der Waals surface area contributed by atoms with E-state index in [2.05, 4.69) is 5.32 Å². The fraction of sp³-hybridized carbons (Fsp3) is 0.250. The Morgan fingerprint density at radius 3 is 2.67 bits per heavy atom. The van der Waals surface area contributed by atoms with Gasteiger partial charge in [0.2, 0.25) is 0 Å². The lowest BCUT2D eigenvalue weighted by Gasteiger charge is -2.16. The zero-order valence-electron chi connectivity index (χ0n) is 12.0. The summed E-state index contributed by atoms with van der Waals surface area (Å²) in [5, 5.41) is 3.00. The lowest BCUT2D eigenvalue weighted by molar-refractivity contribution is 0.244. The van der Waals surface area contributed by atoms with Crippen molar-refractivity contribution in [3.63, 3.8) is 0 Å². The maximum atomic E-state index is 13.6. The number of hydrogen-bond acceptors (Lipinski definition) is 3. The Morgan fingerprint density at radius 1 is 1.19 bits per heavy atom. The van der Waals surface area contributed by atoms with Gasteiger partial charge in [0.1, 0.15) is 17.4 Å². The molecule has 0 unspecified atom stereocenters. The fourth-order valence-corrected chi connectivity index (χ4v) is 1.92. The van der Waals surface area contributed by atoms with Crippen molar-refractivity contribution in [2.24, 2.45) is 0 Å². The topological polar surface area (TPSA) is 47.3 Å². The monoisotopic (exact) mass is 292 g/mol. The predicted octanol–water partition coefficient (Wildman–Crippen LogP) is 3.95. The van der Waals surface area contributed by atoms with Gasteiger partial charge in [0.05, 0.1) is 17.5 Å². The summed E-state index contributed by atoms with van der Waals surface area (Å²) < 4.78 is 32.3. The number of nitrogens with one attached hydrogen (secondary N) is 1. The summed E-state index contributed by atoms with van der Waals surface area (Å²) in [6, 6.07) is 8.67. The summed E-state index contributed by atoms with van der Waals surface area (Å²) >= 11 is 0. The van der Waals surface area contributed by atoms with E-state index in [0.29, 0.717) is 17.1 Å². The molecule has 21 heavy (non-hydrogen) atoms. The number of ether oxygens (including phenoxy) is 1. The van der Waals surface area contributed by atoms with Crippen LogP contribution < -0.4 is 15.8 Å². The first-order chi connectivity index (χ1) is 9.97. The highest BCUT2D eigenvalue weighted by Crippen LogP contribution is 2.30. The van der Waals surface area contributed by atoms with E-state index in [4.69, 9.17) is 10.5 Å². The van der Waals surface area contributed by atoms with Crippen LogP contribution in [0, 0.1) is 11.6 Å². The molecule has 0 atom stereocenters. The van der Waals surface area contributed by atoms with Crippen LogP contribution in [-0.2, 0) is 6.54 Å². The lowest BCUT2D eigenvalue weighted by atomic mass is 10.2. The first kappa shape index (κ1) is 15.1. The zero-order chi connectivity index (χ0) is 15.4. The van der Waals surface area contributed by atoms with E-state index in [1.165, 1.54) is 0 Å².